The van der Waals surface area contributed by atoms with Gasteiger partial charge in [0.05, 0.1) is 12.0 Å². The average molecular weight is 508 g/mol. The van der Waals surface area contributed by atoms with Crippen LogP contribution in [0.3, 0.4) is 0 Å². The molecule has 4 aromatic rings. The first-order valence-electron chi connectivity index (χ1n) is 12.7. The molecule has 3 amide bonds. The number of carbonyl (C=O) groups excluding carboxylic acids is 4. The number of amides is 3. The molecule has 1 aliphatic rings. The summed E-state index contributed by atoms with van der Waals surface area (Å²) in [6.45, 7) is 0.825. The molecule has 1 aliphatic heterocycles. The highest BCUT2D eigenvalue weighted by Crippen LogP contribution is 2.38. The molecule has 0 atom stereocenters. The number of rotatable bonds is 9. The Morgan fingerprint density at radius 2 is 1.63 bits per heavy atom. The van der Waals surface area contributed by atoms with Gasteiger partial charge in [-0.15, -0.1) is 0 Å². The number of anilines is 1. The van der Waals surface area contributed by atoms with Crippen LogP contribution in [0.5, 0.6) is 0 Å². The summed E-state index contributed by atoms with van der Waals surface area (Å²) in [5.41, 5.74) is 2.53. The third-order valence-corrected chi connectivity index (χ3v) is 6.89. The molecule has 0 saturated heterocycles. The molecule has 1 N–H and O–H groups in total. The van der Waals surface area contributed by atoms with Crippen LogP contribution in [0.25, 0.3) is 21.5 Å². The third-order valence-electron chi connectivity index (χ3n) is 6.89. The van der Waals surface area contributed by atoms with Gasteiger partial charge in [0.2, 0.25) is 5.91 Å². The van der Waals surface area contributed by atoms with Crippen LogP contribution in [0.1, 0.15) is 39.1 Å². The van der Waals surface area contributed by atoms with Crippen molar-refractivity contribution >= 4 is 50.7 Å². The highest BCUT2D eigenvalue weighted by molar-refractivity contribution is 6.31. The monoisotopic (exact) mass is 507 g/mol. The second-order valence-corrected chi connectivity index (χ2v) is 9.87. The van der Waals surface area contributed by atoms with Crippen molar-refractivity contribution in [2.75, 3.05) is 32.5 Å². The van der Waals surface area contributed by atoms with Crippen LogP contribution in [0.2, 0.25) is 0 Å². The number of nitrogens with zero attached hydrogens (tertiary/aromatic N) is 2. The number of ketones is 1. The highest BCUT2D eigenvalue weighted by atomic mass is 16.2. The minimum absolute atomic E-state index is 0.137. The van der Waals surface area contributed by atoms with Crippen LogP contribution < -0.4 is 5.32 Å². The summed E-state index contributed by atoms with van der Waals surface area (Å²) in [4.78, 5) is 55.4. The maximum Gasteiger partial charge on any atom is 0.262 e. The SMILES string of the molecule is CN(C)CCN1C(=O)c2cccc3cc4c(NC(=O)CC(=O)CCc5ccccc5)cccc4c(c23)C1=O. The smallest absolute Gasteiger partial charge is 0.262 e. The van der Waals surface area contributed by atoms with Gasteiger partial charge in [0.25, 0.3) is 11.8 Å². The number of imide groups is 1. The lowest BCUT2D eigenvalue weighted by Crippen LogP contribution is -2.43. The van der Waals surface area contributed by atoms with E-state index < -0.39 is 5.91 Å². The average Bonchev–Trinajstić information content (AvgIpc) is 2.90. The number of hydrogen-bond acceptors (Lipinski definition) is 5. The summed E-state index contributed by atoms with van der Waals surface area (Å²) in [7, 11) is 3.79. The molecule has 0 bridgehead atoms. The van der Waals surface area contributed by atoms with Gasteiger partial charge >= 0.3 is 0 Å². The van der Waals surface area contributed by atoms with E-state index in [9.17, 15) is 19.2 Å². The minimum atomic E-state index is -0.396. The summed E-state index contributed by atoms with van der Waals surface area (Å²) < 4.78 is 0. The number of aryl methyl sites for hydroxylation is 1. The minimum Gasteiger partial charge on any atom is -0.325 e. The van der Waals surface area contributed by atoms with Crippen LogP contribution in [-0.4, -0.2) is 60.5 Å². The van der Waals surface area contributed by atoms with Crippen molar-refractivity contribution < 1.29 is 19.2 Å². The maximum atomic E-state index is 13.7. The molecular weight excluding hydrogens is 478 g/mol. The Morgan fingerprint density at radius 1 is 0.868 bits per heavy atom. The van der Waals surface area contributed by atoms with Crippen molar-refractivity contribution in [1.29, 1.82) is 0 Å². The van der Waals surface area contributed by atoms with Gasteiger partial charge in [-0.25, -0.2) is 0 Å². The number of benzene rings is 4. The molecule has 7 heteroatoms. The summed E-state index contributed by atoms with van der Waals surface area (Å²) in [6, 6.07) is 22.4. The predicted molar refractivity (Wildman–Crippen MR) is 148 cm³/mol. The normalized spacial score (nSPS) is 13.0. The molecule has 0 unspecified atom stereocenters. The molecule has 192 valence electrons. The number of likely N-dealkylation sites (N-methyl/N-ethyl adjacent to an activating group) is 1. The largest absolute Gasteiger partial charge is 0.325 e. The van der Waals surface area contributed by atoms with Gasteiger partial charge in [-0.1, -0.05) is 54.6 Å². The standard InChI is InChI=1S/C31H29N3O4/c1-33(2)16-17-34-30(37)24-12-6-10-21-18-25-23(29(28(21)24)31(34)38)11-7-13-26(25)32-27(36)19-22(35)15-14-20-8-4-3-5-9-20/h3-13,18H,14-17,19H2,1-2H3,(H,32,36). The van der Waals surface area contributed by atoms with Crippen molar-refractivity contribution in [2.24, 2.45) is 0 Å². The molecule has 0 radical (unpaired) electrons. The van der Waals surface area contributed by atoms with Crippen molar-refractivity contribution in [3.05, 3.63) is 89.5 Å². The lowest BCUT2D eigenvalue weighted by Gasteiger charge is -2.29. The molecule has 0 aliphatic carbocycles. The molecule has 0 spiro atoms. The Balaban J connectivity index is 1.44. The second-order valence-electron chi connectivity index (χ2n) is 9.87. The lowest BCUT2D eigenvalue weighted by atomic mass is 9.89. The van der Waals surface area contributed by atoms with Crippen LogP contribution >= 0.6 is 0 Å². The van der Waals surface area contributed by atoms with Crippen LogP contribution in [0, 0.1) is 0 Å². The molecule has 1 heterocycles. The topological polar surface area (TPSA) is 86.8 Å². The Morgan fingerprint density at radius 3 is 2.39 bits per heavy atom. The first-order chi connectivity index (χ1) is 18.3. The number of fused-ring (bicyclic) bond motifs is 2. The van der Waals surface area contributed by atoms with Crippen molar-refractivity contribution in [1.82, 2.24) is 9.80 Å². The Labute approximate surface area is 221 Å². The van der Waals surface area contributed by atoms with Crippen molar-refractivity contribution in [3.63, 3.8) is 0 Å². The summed E-state index contributed by atoms with van der Waals surface area (Å²) in [5, 5.41) is 5.61. The van der Waals surface area contributed by atoms with E-state index in [0.717, 1.165) is 10.9 Å². The van der Waals surface area contributed by atoms with E-state index in [1.165, 1.54) is 4.90 Å². The lowest BCUT2D eigenvalue weighted by molar-refractivity contribution is -0.125. The number of Topliss-reactive ketones (excluding diaryl/α,β-unsaturated/α-hetero) is 1. The Bertz CT molecular complexity index is 1580. The molecule has 0 aromatic heterocycles. The molecule has 4 aromatic carbocycles. The molecule has 7 nitrogen and oxygen atoms in total. The number of carbonyl (C=O) groups is 4. The summed E-state index contributed by atoms with van der Waals surface area (Å²) >= 11 is 0. The van der Waals surface area contributed by atoms with E-state index in [1.807, 2.05) is 67.5 Å². The molecule has 38 heavy (non-hydrogen) atoms. The summed E-state index contributed by atoms with van der Waals surface area (Å²) in [5.74, 6) is -1.17. The van der Waals surface area contributed by atoms with Gasteiger partial charge in [0.1, 0.15) is 5.78 Å². The van der Waals surface area contributed by atoms with E-state index in [2.05, 4.69) is 5.32 Å². The van der Waals surface area contributed by atoms with Crippen molar-refractivity contribution in [2.45, 2.75) is 19.3 Å². The predicted octanol–water partition coefficient (Wildman–Crippen LogP) is 4.68. The van der Waals surface area contributed by atoms with Crippen LogP contribution in [-0.2, 0) is 16.0 Å². The molecule has 5 rings (SSSR count). The van der Waals surface area contributed by atoms with Gasteiger partial charge in [-0.3, -0.25) is 24.1 Å². The van der Waals surface area contributed by atoms with Gasteiger partial charge in [0.15, 0.2) is 0 Å². The zero-order valence-electron chi connectivity index (χ0n) is 21.5. The van der Waals surface area contributed by atoms with Crippen molar-refractivity contribution in [3.8, 4) is 0 Å². The second kappa shape index (κ2) is 10.6. The summed E-state index contributed by atoms with van der Waals surface area (Å²) in [6.07, 6.45) is 0.652. The van der Waals surface area contributed by atoms with Gasteiger partial charge in [-0.2, -0.15) is 0 Å². The van der Waals surface area contributed by atoms with Gasteiger partial charge in [-0.05, 0) is 55.1 Å². The molecule has 0 fully saturated rings. The van der Waals surface area contributed by atoms with Crippen LogP contribution in [0.4, 0.5) is 5.69 Å². The van der Waals surface area contributed by atoms with Gasteiger partial charge < -0.3 is 10.2 Å². The van der Waals surface area contributed by atoms with Gasteiger partial charge in [0, 0.05) is 41.5 Å². The molecular formula is C31H29N3O4. The number of nitrogens with one attached hydrogen (secondary N) is 1. The Hall–Kier alpha value is -4.36. The highest BCUT2D eigenvalue weighted by Gasteiger charge is 2.34. The number of hydrogen-bond donors (Lipinski definition) is 1. The first-order valence-corrected chi connectivity index (χ1v) is 12.7. The zero-order chi connectivity index (χ0) is 26.8. The maximum absolute atomic E-state index is 13.7. The first kappa shape index (κ1) is 25.3. The van der Waals surface area contributed by atoms with E-state index in [-0.39, 0.29) is 37.0 Å². The van der Waals surface area contributed by atoms with E-state index in [0.29, 0.717) is 45.9 Å². The van der Waals surface area contributed by atoms with E-state index in [1.54, 1.807) is 24.3 Å². The molecule has 0 saturated carbocycles. The fourth-order valence-electron chi connectivity index (χ4n) is 4.97. The zero-order valence-corrected chi connectivity index (χ0v) is 21.5. The fourth-order valence-corrected chi connectivity index (χ4v) is 4.97. The van der Waals surface area contributed by atoms with Crippen LogP contribution in [0.15, 0.2) is 72.8 Å². The van der Waals surface area contributed by atoms with E-state index in [4.69, 9.17) is 0 Å². The third kappa shape index (κ3) is 4.93. The quantitative estimate of drug-likeness (QED) is 0.202. The Kier molecular flexibility index (Phi) is 7.03. The fraction of sp³-hybridized carbons (Fsp3) is 0.226. The van der Waals surface area contributed by atoms with E-state index >= 15 is 0 Å².